The first kappa shape index (κ1) is 18.7. The summed E-state index contributed by atoms with van der Waals surface area (Å²) in [6.45, 7) is 13.6. The van der Waals surface area contributed by atoms with E-state index in [2.05, 4.69) is 31.4 Å². The average molecular weight is 286 g/mol. The fourth-order valence-electron chi connectivity index (χ4n) is 2.68. The van der Waals surface area contributed by atoms with Crippen molar-refractivity contribution < 1.29 is 14.7 Å². The molecule has 0 fully saturated rings. The summed E-state index contributed by atoms with van der Waals surface area (Å²) < 4.78 is 0. The van der Waals surface area contributed by atoms with Crippen molar-refractivity contribution in [2.75, 3.05) is 0 Å². The van der Waals surface area contributed by atoms with Gasteiger partial charge in [-0.2, -0.15) is 0 Å². The summed E-state index contributed by atoms with van der Waals surface area (Å²) in [4.78, 5) is 23.4. The van der Waals surface area contributed by atoms with Gasteiger partial charge < -0.3 is 15.7 Å². The van der Waals surface area contributed by atoms with Gasteiger partial charge in [0.25, 0.3) is 0 Å². The van der Waals surface area contributed by atoms with E-state index in [-0.39, 0.29) is 5.41 Å². The molecule has 0 aromatic heterocycles. The molecule has 0 rings (SSSR count). The Kier molecular flexibility index (Phi) is 6.05. The zero-order valence-electron chi connectivity index (χ0n) is 13.9. The summed E-state index contributed by atoms with van der Waals surface area (Å²) in [6, 6.07) is -0.433. The maximum atomic E-state index is 12.1. The molecule has 0 aliphatic rings. The molecule has 1 unspecified atom stereocenters. The summed E-state index contributed by atoms with van der Waals surface area (Å²) in [7, 11) is 0. The van der Waals surface area contributed by atoms with Crippen molar-refractivity contribution in [1.82, 2.24) is 10.6 Å². The predicted octanol–water partition coefficient (Wildman–Crippen LogP) is 3.14. The van der Waals surface area contributed by atoms with Gasteiger partial charge in [0, 0.05) is 5.54 Å². The predicted molar refractivity (Wildman–Crippen MR) is 80.8 cm³/mol. The molecule has 1 atom stereocenters. The number of hydrogen-bond acceptors (Lipinski definition) is 2. The highest BCUT2D eigenvalue weighted by Crippen LogP contribution is 2.26. The lowest BCUT2D eigenvalue weighted by Gasteiger charge is -2.35. The first-order chi connectivity index (χ1) is 8.81. The van der Waals surface area contributed by atoms with E-state index < -0.39 is 23.1 Å². The minimum absolute atomic E-state index is 0.0797. The maximum absolute atomic E-state index is 12.1. The van der Waals surface area contributed by atoms with Crippen LogP contribution < -0.4 is 10.6 Å². The number of urea groups is 1. The Labute approximate surface area is 122 Å². The lowest BCUT2D eigenvalue weighted by molar-refractivity contribution is -0.144. The molecule has 5 nitrogen and oxygen atoms in total. The van der Waals surface area contributed by atoms with Gasteiger partial charge >= 0.3 is 12.0 Å². The topological polar surface area (TPSA) is 78.4 Å². The fraction of sp³-hybridized carbons (Fsp3) is 0.867. The van der Waals surface area contributed by atoms with Crippen LogP contribution in [0.3, 0.4) is 0 Å². The number of nitrogens with one attached hydrogen (secondary N) is 2. The van der Waals surface area contributed by atoms with Crippen LogP contribution in [0.5, 0.6) is 0 Å². The van der Waals surface area contributed by atoms with Crippen molar-refractivity contribution in [3.8, 4) is 0 Å². The maximum Gasteiger partial charge on any atom is 0.329 e. The highest BCUT2D eigenvalue weighted by molar-refractivity contribution is 5.86. The van der Waals surface area contributed by atoms with Gasteiger partial charge in [-0.1, -0.05) is 34.1 Å². The van der Waals surface area contributed by atoms with Crippen molar-refractivity contribution in [2.24, 2.45) is 5.41 Å². The van der Waals surface area contributed by atoms with E-state index in [4.69, 9.17) is 0 Å². The molecule has 0 radical (unpaired) electrons. The molecular weight excluding hydrogens is 256 g/mol. The van der Waals surface area contributed by atoms with Gasteiger partial charge in [0.2, 0.25) is 0 Å². The Morgan fingerprint density at radius 2 is 1.50 bits per heavy atom. The van der Waals surface area contributed by atoms with Crippen molar-refractivity contribution in [1.29, 1.82) is 0 Å². The molecule has 0 bridgehead atoms. The number of carboxylic acid groups (broad SMARTS) is 1. The van der Waals surface area contributed by atoms with Crippen molar-refractivity contribution in [2.45, 2.75) is 78.8 Å². The molecule has 20 heavy (non-hydrogen) atoms. The largest absolute Gasteiger partial charge is 0.480 e. The van der Waals surface area contributed by atoms with Gasteiger partial charge in [-0.25, -0.2) is 9.59 Å². The molecule has 0 heterocycles. The molecule has 118 valence electrons. The van der Waals surface area contributed by atoms with E-state index in [1.807, 2.05) is 20.8 Å². The zero-order valence-corrected chi connectivity index (χ0v) is 13.9. The fourth-order valence-corrected chi connectivity index (χ4v) is 2.68. The van der Waals surface area contributed by atoms with Crippen molar-refractivity contribution >= 4 is 12.0 Å². The Bertz CT molecular complexity index is 359. The molecule has 2 amide bonds. The Hall–Kier alpha value is -1.26. The molecule has 0 aliphatic heterocycles. The molecule has 3 N–H and O–H groups in total. The molecule has 0 saturated heterocycles. The van der Waals surface area contributed by atoms with Crippen LogP contribution in [0.4, 0.5) is 4.79 Å². The highest BCUT2D eigenvalue weighted by atomic mass is 16.4. The van der Waals surface area contributed by atoms with E-state index in [1.54, 1.807) is 0 Å². The van der Waals surface area contributed by atoms with Crippen LogP contribution in [0.1, 0.15) is 67.7 Å². The van der Waals surface area contributed by atoms with E-state index in [1.165, 1.54) is 6.92 Å². The summed E-state index contributed by atoms with van der Waals surface area (Å²) >= 11 is 0. The molecule has 0 spiro atoms. The number of amides is 2. The van der Waals surface area contributed by atoms with Crippen molar-refractivity contribution in [3.05, 3.63) is 0 Å². The standard InChI is InChI=1S/C15H30N2O3/c1-8-9-15(7,11(18)19)17-12(20)16-14(5,6)10-13(2,3)4/h8-10H2,1-7H3,(H,18,19)(H2,16,17,20). The van der Waals surface area contributed by atoms with Crippen LogP contribution in [0.25, 0.3) is 0 Å². The summed E-state index contributed by atoms with van der Waals surface area (Å²) in [5, 5.41) is 14.7. The third-order valence-corrected chi connectivity index (χ3v) is 3.04. The number of hydrogen-bond donors (Lipinski definition) is 3. The number of carbonyl (C=O) groups is 2. The average Bonchev–Trinajstić information content (AvgIpc) is 2.11. The minimum Gasteiger partial charge on any atom is -0.480 e. The smallest absolute Gasteiger partial charge is 0.329 e. The first-order valence-electron chi connectivity index (χ1n) is 7.15. The van der Waals surface area contributed by atoms with Crippen LogP contribution in [-0.2, 0) is 4.79 Å². The van der Waals surface area contributed by atoms with Gasteiger partial charge in [-0.15, -0.1) is 0 Å². The molecule has 5 heteroatoms. The van der Waals surface area contributed by atoms with Gasteiger partial charge in [0.15, 0.2) is 0 Å². The third kappa shape index (κ3) is 6.78. The SMILES string of the molecule is CCCC(C)(NC(=O)NC(C)(C)CC(C)(C)C)C(=O)O. The Morgan fingerprint density at radius 1 is 1.00 bits per heavy atom. The summed E-state index contributed by atoms with van der Waals surface area (Å²) in [6.07, 6.45) is 1.88. The molecule has 0 aliphatic carbocycles. The molecular formula is C15H30N2O3. The van der Waals surface area contributed by atoms with Crippen LogP contribution in [0.15, 0.2) is 0 Å². The number of carbonyl (C=O) groups excluding carboxylic acids is 1. The number of carboxylic acids is 1. The Balaban J connectivity index is 4.73. The van der Waals surface area contributed by atoms with Crippen LogP contribution in [-0.4, -0.2) is 28.2 Å². The second-order valence-electron chi connectivity index (χ2n) is 7.59. The lowest BCUT2D eigenvalue weighted by atomic mass is 9.82. The normalized spacial score (nSPS) is 15.3. The zero-order chi connectivity index (χ0) is 16.2. The van der Waals surface area contributed by atoms with Gasteiger partial charge in [0.1, 0.15) is 5.54 Å². The highest BCUT2D eigenvalue weighted by Gasteiger charge is 2.35. The van der Waals surface area contributed by atoms with Gasteiger partial charge in [-0.05, 0) is 39.0 Å². The monoisotopic (exact) mass is 286 g/mol. The molecule has 0 aromatic carbocycles. The second kappa shape index (κ2) is 6.46. The number of aliphatic carboxylic acids is 1. The summed E-state index contributed by atoms with van der Waals surface area (Å²) in [5.74, 6) is -1.01. The van der Waals surface area contributed by atoms with Crippen LogP contribution in [0.2, 0.25) is 0 Å². The van der Waals surface area contributed by atoms with E-state index in [0.29, 0.717) is 12.8 Å². The van der Waals surface area contributed by atoms with Crippen molar-refractivity contribution in [3.63, 3.8) is 0 Å². The third-order valence-electron chi connectivity index (χ3n) is 3.04. The van der Waals surface area contributed by atoms with E-state index in [0.717, 1.165) is 6.42 Å². The van der Waals surface area contributed by atoms with Crippen LogP contribution in [0, 0.1) is 5.41 Å². The lowest BCUT2D eigenvalue weighted by Crippen LogP contribution is -2.59. The van der Waals surface area contributed by atoms with Crippen LogP contribution >= 0.6 is 0 Å². The Morgan fingerprint density at radius 3 is 1.85 bits per heavy atom. The second-order valence-corrected chi connectivity index (χ2v) is 7.59. The first-order valence-corrected chi connectivity index (χ1v) is 7.15. The number of rotatable bonds is 6. The van der Waals surface area contributed by atoms with E-state index >= 15 is 0 Å². The van der Waals surface area contributed by atoms with E-state index in [9.17, 15) is 14.7 Å². The summed E-state index contributed by atoms with van der Waals surface area (Å²) in [5.41, 5.74) is -1.54. The van der Waals surface area contributed by atoms with Gasteiger partial charge in [0.05, 0.1) is 0 Å². The quantitative estimate of drug-likeness (QED) is 0.702. The molecule has 0 saturated carbocycles. The van der Waals surface area contributed by atoms with Gasteiger partial charge in [-0.3, -0.25) is 0 Å². The minimum atomic E-state index is -1.23. The molecule has 0 aromatic rings.